The number of thiol groups is 2. The van der Waals surface area contributed by atoms with Crippen LogP contribution in [0.5, 0.6) is 0 Å². The van der Waals surface area contributed by atoms with Gasteiger partial charge in [0.05, 0.1) is 0 Å². The summed E-state index contributed by atoms with van der Waals surface area (Å²) >= 11 is 11.0. The fourth-order valence-electron chi connectivity index (χ4n) is 8.30. The van der Waals surface area contributed by atoms with E-state index in [1.54, 1.807) is 6.08 Å². The van der Waals surface area contributed by atoms with Crippen LogP contribution in [0.2, 0.25) is 0 Å². The SMILES string of the molecule is CC(=O)OSC1CC2[C@@H]3CC(O)C(CS)C4(/C=C\C=O)CC34CCC2(S)[C@H]1C[C@@H](O)C(=O)[C](=[Ba])CCO. The molecular weight excluding hydrogens is 658 g/mol. The monoisotopic (exact) mass is 694 g/mol. The summed E-state index contributed by atoms with van der Waals surface area (Å²) in [6.07, 6.45) is 7.09. The summed E-state index contributed by atoms with van der Waals surface area (Å²) in [5.41, 5.74) is -0.294. The summed E-state index contributed by atoms with van der Waals surface area (Å²) in [6, 6.07) is 0. The number of hydrogen-bond acceptors (Lipinski definition) is 10. The van der Waals surface area contributed by atoms with Gasteiger partial charge in [0.1, 0.15) is 6.29 Å². The second-order valence-electron chi connectivity index (χ2n) is 11.4. The molecule has 4 aliphatic rings. The van der Waals surface area contributed by atoms with Gasteiger partial charge >= 0.3 is 245 Å². The first-order valence-corrected chi connectivity index (χ1v) is 17.1. The average Bonchev–Trinajstić information content (AvgIpc) is 3.43. The molecular formula is C26H36BaO7S3. The predicted octanol–water partition coefficient (Wildman–Crippen LogP) is 1.77. The van der Waals surface area contributed by atoms with Crippen molar-refractivity contribution in [2.45, 2.75) is 74.1 Å². The Balaban J connectivity index is 1.65. The Morgan fingerprint density at radius 1 is 1.24 bits per heavy atom. The Hall–Kier alpha value is 0.921. The quantitative estimate of drug-likeness (QED) is 0.0731. The van der Waals surface area contributed by atoms with Gasteiger partial charge in [-0.15, -0.1) is 0 Å². The standard InChI is InChI=1S/C26H36O7S3.Ba/c1-15(29)33-36-23-12-17-16-10-21(31)19(13-34)24(5-3-9-28)14-25(16,24)6-7-26(17,35)18(23)11-22(32)20(30)4-2-8-27;/h3,5,9,16-19,21-23,27,31-32,34-35H,2,6-8,10-14H2,1H3;/b5-3-;/t16-,17?,18-,19?,21?,22+,23?,24?,25?,26?;/m0./s1. The summed E-state index contributed by atoms with van der Waals surface area (Å²) in [6.45, 7) is 1.25. The second-order valence-corrected chi connectivity index (χ2v) is 16.3. The molecule has 11 heteroatoms. The fraction of sp³-hybridized carbons (Fsp3) is 0.769. The molecule has 37 heavy (non-hydrogen) atoms. The van der Waals surface area contributed by atoms with E-state index in [1.165, 1.54) is 6.92 Å². The Morgan fingerprint density at radius 3 is 2.59 bits per heavy atom. The Morgan fingerprint density at radius 2 is 1.97 bits per heavy atom. The van der Waals surface area contributed by atoms with Gasteiger partial charge in [0.15, 0.2) is 0 Å². The van der Waals surface area contributed by atoms with E-state index in [4.69, 9.17) is 16.8 Å². The molecule has 4 fully saturated rings. The zero-order chi connectivity index (χ0) is 27.2. The van der Waals surface area contributed by atoms with Crippen LogP contribution >= 0.6 is 37.3 Å². The van der Waals surface area contributed by atoms with Crippen LogP contribution < -0.4 is 0 Å². The molecule has 0 aliphatic heterocycles. The number of rotatable bonds is 11. The number of Topliss-reactive ketones (excluding diaryl/α,β-unsaturated/α-hetero) is 1. The zero-order valence-electron chi connectivity index (χ0n) is 21.1. The van der Waals surface area contributed by atoms with Gasteiger partial charge in [0, 0.05) is 0 Å². The van der Waals surface area contributed by atoms with Crippen molar-refractivity contribution in [1.82, 2.24) is 0 Å². The number of ketones is 1. The van der Waals surface area contributed by atoms with Gasteiger partial charge < -0.3 is 0 Å². The number of fused-ring (bicyclic) bond motifs is 2. The summed E-state index contributed by atoms with van der Waals surface area (Å²) < 4.78 is 5.51. The molecule has 10 atom stereocenters. The van der Waals surface area contributed by atoms with E-state index in [2.05, 4.69) is 12.6 Å². The van der Waals surface area contributed by atoms with Crippen LogP contribution in [0.4, 0.5) is 0 Å². The summed E-state index contributed by atoms with van der Waals surface area (Å²) in [4.78, 5) is 35.8. The van der Waals surface area contributed by atoms with Crippen molar-refractivity contribution in [2.75, 3.05) is 12.4 Å². The summed E-state index contributed by atoms with van der Waals surface area (Å²) in [7, 11) is 0. The van der Waals surface area contributed by atoms with E-state index in [1.807, 2.05) is 6.08 Å². The first-order chi connectivity index (χ1) is 17.5. The minimum absolute atomic E-state index is 0.0115. The predicted molar refractivity (Wildman–Crippen MR) is 150 cm³/mol. The first-order valence-electron chi connectivity index (χ1n) is 13.0. The van der Waals surface area contributed by atoms with E-state index >= 15 is 0 Å². The minimum atomic E-state index is -1.18. The molecule has 3 N–H and O–H groups in total. The first kappa shape index (κ1) is 30.9. The Bertz CT molecular complexity index is 978. The van der Waals surface area contributed by atoms with Crippen LogP contribution in [0.1, 0.15) is 51.9 Å². The van der Waals surface area contributed by atoms with E-state index in [-0.39, 0.29) is 105 Å². The third kappa shape index (κ3) is 5.33. The van der Waals surface area contributed by atoms with Crippen LogP contribution in [0.25, 0.3) is 0 Å². The van der Waals surface area contributed by atoms with Crippen molar-refractivity contribution in [1.29, 1.82) is 0 Å². The van der Waals surface area contributed by atoms with Crippen LogP contribution in [0.15, 0.2) is 12.2 Å². The van der Waals surface area contributed by atoms with Crippen molar-refractivity contribution >= 4 is 101 Å². The molecule has 0 aromatic heterocycles. The van der Waals surface area contributed by atoms with Gasteiger partial charge in [0.2, 0.25) is 0 Å². The van der Waals surface area contributed by atoms with E-state index < -0.39 is 22.9 Å². The molecule has 0 bridgehead atoms. The van der Waals surface area contributed by atoms with E-state index in [9.17, 15) is 29.7 Å². The van der Waals surface area contributed by atoms with Crippen LogP contribution in [-0.4, -0.2) is 114 Å². The number of aldehydes is 1. The topological polar surface area (TPSA) is 121 Å². The van der Waals surface area contributed by atoms with E-state index in [0.717, 1.165) is 37.6 Å². The van der Waals surface area contributed by atoms with Crippen molar-refractivity contribution in [3.63, 3.8) is 0 Å². The molecule has 0 aromatic carbocycles. The van der Waals surface area contributed by atoms with E-state index in [0.29, 0.717) is 25.0 Å². The average molecular weight is 694 g/mol. The molecule has 0 amide bonds. The molecule has 0 heterocycles. The maximum atomic E-state index is 12.9. The Kier molecular flexibility index (Phi) is 10.0. The third-order valence-corrected chi connectivity index (χ3v) is 14.5. The molecule has 1 spiro atoms. The van der Waals surface area contributed by atoms with Gasteiger partial charge in [-0.05, 0) is 0 Å². The van der Waals surface area contributed by atoms with Gasteiger partial charge in [-0.2, -0.15) is 12.6 Å². The zero-order valence-corrected chi connectivity index (χ0v) is 28.2. The maximum absolute atomic E-state index is 12.9. The fourth-order valence-corrected chi connectivity index (χ4v) is 11.9. The number of aliphatic hydroxyl groups is 3. The Labute approximate surface area is 265 Å². The van der Waals surface area contributed by atoms with Crippen LogP contribution in [-0.2, 0) is 18.6 Å². The number of hydrogen-bond donors (Lipinski definition) is 5. The van der Waals surface area contributed by atoms with Crippen molar-refractivity contribution in [3.8, 4) is 0 Å². The van der Waals surface area contributed by atoms with Gasteiger partial charge in [0.25, 0.3) is 0 Å². The third-order valence-electron chi connectivity index (χ3n) is 9.92. The second kappa shape index (κ2) is 12.0. The van der Waals surface area contributed by atoms with Crippen molar-refractivity contribution in [3.05, 3.63) is 12.2 Å². The van der Waals surface area contributed by atoms with Crippen molar-refractivity contribution < 1.29 is 33.9 Å². The van der Waals surface area contributed by atoms with Gasteiger partial charge in [-0.1, -0.05) is 0 Å². The van der Waals surface area contributed by atoms with Crippen molar-refractivity contribution in [2.24, 2.45) is 34.5 Å². The molecule has 4 aliphatic carbocycles. The summed E-state index contributed by atoms with van der Waals surface area (Å²) in [5.74, 6) is -0.0580. The number of carbonyl (C=O) groups is 3. The molecule has 4 saturated carbocycles. The van der Waals surface area contributed by atoms with Gasteiger partial charge in [-0.25, -0.2) is 0 Å². The van der Waals surface area contributed by atoms with Crippen LogP contribution in [0.3, 0.4) is 0 Å². The number of carbonyl (C=O) groups excluding carboxylic acids is 3. The van der Waals surface area contributed by atoms with Crippen LogP contribution in [0, 0.1) is 34.5 Å². The molecule has 7 unspecified atom stereocenters. The molecule has 0 aromatic rings. The normalized spacial score (nSPS) is 42.9. The van der Waals surface area contributed by atoms with Gasteiger partial charge in [-0.3, -0.25) is 4.79 Å². The number of allylic oxidation sites excluding steroid dienone is 2. The molecule has 4 rings (SSSR count). The number of aliphatic hydroxyl groups excluding tert-OH is 3. The molecule has 7 nitrogen and oxygen atoms in total. The molecule has 0 saturated heterocycles. The molecule has 202 valence electrons. The molecule has 0 radical (unpaired) electrons. The summed E-state index contributed by atoms with van der Waals surface area (Å²) in [5, 5.41) is 31.3.